The van der Waals surface area contributed by atoms with Gasteiger partial charge in [-0.05, 0) is 37.8 Å². The summed E-state index contributed by atoms with van der Waals surface area (Å²) in [7, 11) is 0. The lowest BCUT2D eigenvalue weighted by molar-refractivity contribution is -0.384. The maximum atomic E-state index is 10.9. The summed E-state index contributed by atoms with van der Waals surface area (Å²) in [5.41, 5.74) is 6.83. The molecule has 2 rings (SSSR count). The number of nitrogen functional groups attached to an aromatic ring is 1. The summed E-state index contributed by atoms with van der Waals surface area (Å²) in [6.45, 7) is 5.18. The van der Waals surface area contributed by atoms with Gasteiger partial charge in [0.1, 0.15) is 5.69 Å². The van der Waals surface area contributed by atoms with Crippen molar-refractivity contribution in [2.75, 3.05) is 5.73 Å². The zero-order valence-corrected chi connectivity index (χ0v) is 11.5. The fourth-order valence-corrected chi connectivity index (χ4v) is 2.91. The molecule has 0 spiro atoms. The summed E-state index contributed by atoms with van der Waals surface area (Å²) < 4.78 is 0. The number of nitro benzene ring substituents is 1. The Labute approximate surface area is 113 Å². The number of hydrogen-bond acceptors (Lipinski definition) is 4. The van der Waals surface area contributed by atoms with E-state index in [1.165, 1.54) is 12.8 Å². The summed E-state index contributed by atoms with van der Waals surface area (Å²) in [4.78, 5) is 12.9. The van der Waals surface area contributed by atoms with Crippen molar-refractivity contribution in [1.29, 1.82) is 0 Å². The molecular formula is C14H21N3O2. The highest BCUT2D eigenvalue weighted by Crippen LogP contribution is 2.29. The van der Waals surface area contributed by atoms with Crippen LogP contribution in [0, 0.1) is 10.1 Å². The Morgan fingerprint density at radius 2 is 2.21 bits per heavy atom. The van der Waals surface area contributed by atoms with Gasteiger partial charge in [-0.2, -0.15) is 0 Å². The first-order valence-electron chi connectivity index (χ1n) is 6.81. The first-order valence-corrected chi connectivity index (χ1v) is 6.81. The third kappa shape index (κ3) is 2.87. The van der Waals surface area contributed by atoms with Gasteiger partial charge in [-0.15, -0.1) is 0 Å². The average molecular weight is 263 g/mol. The van der Waals surface area contributed by atoms with Crippen LogP contribution in [0.3, 0.4) is 0 Å². The number of anilines is 1. The summed E-state index contributed by atoms with van der Waals surface area (Å²) in [5, 5.41) is 10.9. The lowest BCUT2D eigenvalue weighted by Gasteiger charge is -2.27. The molecule has 2 unspecified atom stereocenters. The molecular weight excluding hydrogens is 242 g/mol. The summed E-state index contributed by atoms with van der Waals surface area (Å²) in [6, 6.07) is 6.26. The quantitative estimate of drug-likeness (QED) is 0.515. The van der Waals surface area contributed by atoms with Crippen molar-refractivity contribution < 1.29 is 4.92 Å². The molecule has 5 nitrogen and oxygen atoms in total. The maximum Gasteiger partial charge on any atom is 0.292 e. The highest BCUT2D eigenvalue weighted by atomic mass is 16.6. The SMILES string of the molecule is CCC1CCC(C)N1Cc1ccc(N)c([N+](=O)[O-])c1. The van der Waals surface area contributed by atoms with Crippen LogP contribution in [-0.2, 0) is 6.54 Å². The van der Waals surface area contributed by atoms with E-state index in [-0.39, 0.29) is 11.4 Å². The lowest BCUT2D eigenvalue weighted by Crippen LogP contribution is -2.33. The Morgan fingerprint density at radius 1 is 1.47 bits per heavy atom. The van der Waals surface area contributed by atoms with Crippen molar-refractivity contribution in [3.63, 3.8) is 0 Å². The van der Waals surface area contributed by atoms with E-state index in [4.69, 9.17) is 5.73 Å². The monoisotopic (exact) mass is 263 g/mol. The molecule has 1 aliphatic rings. The number of rotatable bonds is 4. The number of benzene rings is 1. The van der Waals surface area contributed by atoms with Crippen LogP contribution in [0.5, 0.6) is 0 Å². The van der Waals surface area contributed by atoms with Crippen molar-refractivity contribution in [2.45, 2.75) is 51.7 Å². The smallest absolute Gasteiger partial charge is 0.292 e. The standard InChI is InChI=1S/C14H21N3O2/c1-3-12-6-4-10(2)16(12)9-11-5-7-13(15)14(8-11)17(18)19/h5,7-8,10,12H,3-4,6,9,15H2,1-2H3. The minimum atomic E-state index is -0.413. The highest BCUT2D eigenvalue weighted by Gasteiger charge is 2.29. The molecule has 2 N–H and O–H groups in total. The van der Waals surface area contributed by atoms with Crippen LogP contribution < -0.4 is 5.73 Å². The fourth-order valence-electron chi connectivity index (χ4n) is 2.91. The number of nitro groups is 1. The molecule has 1 fully saturated rings. The van der Waals surface area contributed by atoms with Gasteiger partial charge in [0.25, 0.3) is 5.69 Å². The second kappa shape index (κ2) is 5.57. The van der Waals surface area contributed by atoms with Crippen molar-refractivity contribution in [3.8, 4) is 0 Å². The van der Waals surface area contributed by atoms with Gasteiger partial charge >= 0.3 is 0 Å². The Balaban J connectivity index is 2.19. The molecule has 5 heteroatoms. The third-order valence-electron chi connectivity index (χ3n) is 4.08. The highest BCUT2D eigenvalue weighted by molar-refractivity contribution is 5.59. The number of hydrogen-bond donors (Lipinski definition) is 1. The van der Waals surface area contributed by atoms with E-state index < -0.39 is 4.92 Å². The van der Waals surface area contributed by atoms with Crippen LogP contribution in [0.4, 0.5) is 11.4 Å². The molecule has 0 bridgehead atoms. The van der Waals surface area contributed by atoms with Crippen LogP contribution >= 0.6 is 0 Å². The first-order chi connectivity index (χ1) is 9.02. The van der Waals surface area contributed by atoms with E-state index in [1.807, 2.05) is 6.07 Å². The second-order valence-corrected chi connectivity index (χ2v) is 5.31. The minimum Gasteiger partial charge on any atom is -0.393 e. The van der Waals surface area contributed by atoms with E-state index in [1.54, 1.807) is 12.1 Å². The van der Waals surface area contributed by atoms with Crippen molar-refractivity contribution in [1.82, 2.24) is 4.90 Å². The van der Waals surface area contributed by atoms with Crippen molar-refractivity contribution >= 4 is 11.4 Å². The lowest BCUT2D eigenvalue weighted by atomic mass is 10.1. The van der Waals surface area contributed by atoms with Gasteiger partial charge < -0.3 is 5.73 Å². The molecule has 104 valence electrons. The van der Waals surface area contributed by atoms with Gasteiger partial charge in [-0.25, -0.2) is 0 Å². The maximum absolute atomic E-state index is 10.9. The van der Waals surface area contributed by atoms with E-state index >= 15 is 0 Å². The van der Waals surface area contributed by atoms with Gasteiger partial charge in [0.15, 0.2) is 0 Å². The van der Waals surface area contributed by atoms with E-state index in [2.05, 4.69) is 18.7 Å². The molecule has 2 atom stereocenters. The van der Waals surface area contributed by atoms with E-state index in [0.29, 0.717) is 12.1 Å². The Kier molecular flexibility index (Phi) is 4.04. The summed E-state index contributed by atoms with van der Waals surface area (Å²) in [5.74, 6) is 0. The van der Waals surface area contributed by atoms with Crippen LogP contribution in [-0.4, -0.2) is 21.9 Å². The van der Waals surface area contributed by atoms with E-state index in [9.17, 15) is 10.1 Å². The molecule has 0 amide bonds. The van der Waals surface area contributed by atoms with Crippen LogP contribution in [0.1, 0.15) is 38.7 Å². The number of nitrogens with zero attached hydrogens (tertiary/aromatic N) is 2. The van der Waals surface area contributed by atoms with Gasteiger partial charge in [0.2, 0.25) is 0 Å². The predicted octanol–water partition coefficient (Wildman–Crippen LogP) is 2.94. The van der Waals surface area contributed by atoms with Gasteiger partial charge in [0, 0.05) is 24.7 Å². The molecule has 0 saturated carbocycles. The average Bonchev–Trinajstić information content (AvgIpc) is 2.72. The third-order valence-corrected chi connectivity index (χ3v) is 4.08. The van der Waals surface area contributed by atoms with Crippen LogP contribution in [0.2, 0.25) is 0 Å². The Morgan fingerprint density at radius 3 is 2.84 bits per heavy atom. The molecule has 19 heavy (non-hydrogen) atoms. The Bertz CT molecular complexity index is 476. The molecule has 0 radical (unpaired) electrons. The molecule has 0 aliphatic carbocycles. The zero-order chi connectivity index (χ0) is 14.0. The molecule has 1 aliphatic heterocycles. The first kappa shape index (κ1) is 13.8. The van der Waals surface area contributed by atoms with Crippen LogP contribution in [0.25, 0.3) is 0 Å². The minimum absolute atomic E-state index is 0.0115. The fraction of sp³-hybridized carbons (Fsp3) is 0.571. The van der Waals surface area contributed by atoms with Crippen LogP contribution in [0.15, 0.2) is 18.2 Å². The van der Waals surface area contributed by atoms with Crippen molar-refractivity contribution in [2.24, 2.45) is 0 Å². The van der Waals surface area contributed by atoms with Gasteiger partial charge in [-0.1, -0.05) is 13.0 Å². The van der Waals surface area contributed by atoms with Crippen molar-refractivity contribution in [3.05, 3.63) is 33.9 Å². The van der Waals surface area contributed by atoms with Gasteiger partial charge in [-0.3, -0.25) is 15.0 Å². The number of nitrogens with two attached hydrogens (primary N) is 1. The topological polar surface area (TPSA) is 72.4 Å². The second-order valence-electron chi connectivity index (χ2n) is 5.31. The predicted molar refractivity (Wildman–Crippen MR) is 75.8 cm³/mol. The molecule has 1 heterocycles. The van der Waals surface area contributed by atoms with Gasteiger partial charge in [0.05, 0.1) is 4.92 Å². The Hall–Kier alpha value is -1.62. The molecule has 1 aromatic rings. The molecule has 1 saturated heterocycles. The summed E-state index contributed by atoms with van der Waals surface area (Å²) in [6.07, 6.45) is 3.55. The normalized spacial score (nSPS) is 23.7. The number of likely N-dealkylation sites (tertiary alicyclic amines) is 1. The van der Waals surface area contributed by atoms with E-state index in [0.717, 1.165) is 18.5 Å². The molecule has 1 aromatic carbocycles. The largest absolute Gasteiger partial charge is 0.393 e. The molecule has 0 aromatic heterocycles. The summed E-state index contributed by atoms with van der Waals surface area (Å²) >= 11 is 0. The zero-order valence-electron chi connectivity index (χ0n) is 11.5.